The number of ketones is 1. The van der Waals surface area contributed by atoms with E-state index >= 15 is 0 Å². The predicted octanol–water partition coefficient (Wildman–Crippen LogP) is 4.52. The minimum Gasteiger partial charge on any atom is -0.295 e. The standard InChI is InChI=1S/C15H26O/c1-6-13(16)12(2)8-11-15(5)10-7-9-14(15,3)4/h8H,6-7,9-11H2,1-5H3/b12-8+. The molecule has 1 atom stereocenters. The summed E-state index contributed by atoms with van der Waals surface area (Å²) in [5.74, 6) is 0.291. The van der Waals surface area contributed by atoms with Crippen molar-refractivity contribution in [3.05, 3.63) is 11.6 Å². The number of hydrogen-bond acceptors (Lipinski definition) is 1. The first-order chi connectivity index (χ1) is 7.32. The number of hydrogen-bond donors (Lipinski definition) is 0. The molecule has 92 valence electrons. The third-order valence-electron chi connectivity index (χ3n) is 4.78. The van der Waals surface area contributed by atoms with E-state index in [1.165, 1.54) is 19.3 Å². The molecule has 0 aromatic carbocycles. The highest BCUT2D eigenvalue weighted by Gasteiger charge is 2.43. The summed E-state index contributed by atoms with van der Waals surface area (Å²) in [6.45, 7) is 11.0. The van der Waals surface area contributed by atoms with Crippen molar-refractivity contribution in [1.82, 2.24) is 0 Å². The van der Waals surface area contributed by atoms with Crippen molar-refractivity contribution in [2.75, 3.05) is 0 Å². The molecule has 16 heavy (non-hydrogen) atoms. The maximum absolute atomic E-state index is 11.5. The van der Waals surface area contributed by atoms with E-state index in [1.54, 1.807) is 0 Å². The van der Waals surface area contributed by atoms with E-state index in [2.05, 4.69) is 26.8 Å². The maximum atomic E-state index is 11.5. The maximum Gasteiger partial charge on any atom is 0.157 e. The molecule has 1 rings (SSSR count). The van der Waals surface area contributed by atoms with Crippen LogP contribution in [0.3, 0.4) is 0 Å². The third-order valence-corrected chi connectivity index (χ3v) is 4.78. The van der Waals surface area contributed by atoms with Crippen molar-refractivity contribution in [3.8, 4) is 0 Å². The molecule has 0 radical (unpaired) electrons. The second kappa shape index (κ2) is 4.73. The number of Topliss-reactive ketones (excluding diaryl/α,β-unsaturated/α-hetero) is 1. The molecular formula is C15H26O. The van der Waals surface area contributed by atoms with Crippen molar-refractivity contribution in [2.24, 2.45) is 10.8 Å². The van der Waals surface area contributed by atoms with Crippen molar-refractivity contribution >= 4 is 5.78 Å². The Morgan fingerprint density at radius 2 is 1.88 bits per heavy atom. The van der Waals surface area contributed by atoms with E-state index in [1.807, 2.05) is 13.8 Å². The Balaban J connectivity index is 2.71. The van der Waals surface area contributed by atoms with Crippen molar-refractivity contribution in [1.29, 1.82) is 0 Å². The van der Waals surface area contributed by atoms with Crippen LogP contribution in [0, 0.1) is 10.8 Å². The molecule has 1 fully saturated rings. The van der Waals surface area contributed by atoms with Crippen LogP contribution in [-0.4, -0.2) is 5.78 Å². The fourth-order valence-corrected chi connectivity index (χ4v) is 2.71. The second-order valence-electron chi connectivity index (χ2n) is 6.17. The van der Waals surface area contributed by atoms with Gasteiger partial charge in [0.2, 0.25) is 0 Å². The summed E-state index contributed by atoms with van der Waals surface area (Å²) in [7, 11) is 0. The Hall–Kier alpha value is -0.590. The van der Waals surface area contributed by atoms with Gasteiger partial charge in [-0.2, -0.15) is 0 Å². The first-order valence-corrected chi connectivity index (χ1v) is 6.52. The van der Waals surface area contributed by atoms with E-state index in [4.69, 9.17) is 0 Å². The molecule has 0 N–H and O–H groups in total. The number of allylic oxidation sites excluding steroid dienone is 2. The van der Waals surface area contributed by atoms with Crippen LogP contribution >= 0.6 is 0 Å². The zero-order chi connectivity index (χ0) is 12.4. The summed E-state index contributed by atoms with van der Waals surface area (Å²) in [5.41, 5.74) is 1.74. The molecule has 1 nitrogen and oxygen atoms in total. The Morgan fingerprint density at radius 1 is 1.25 bits per heavy atom. The first-order valence-electron chi connectivity index (χ1n) is 6.52. The molecule has 1 aliphatic carbocycles. The fraction of sp³-hybridized carbons (Fsp3) is 0.800. The van der Waals surface area contributed by atoms with Crippen LogP contribution in [0.1, 0.15) is 66.7 Å². The molecule has 0 aliphatic heterocycles. The van der Waals surface area contributed by atoms with E-state index in [0.29, 0.717) is 23.0 Å². The minimum absolute atomic E-state index is 0.291. The summed E-state index contributed by atoms with van der Waals surface area (Å²) in [4.78, 5) is 11.5. The van der Waals surface area contributed by atoms with Gasteiger partial charge in [0.15, 0.2) is 5.78 Å². The molecule has 1 saturated carbocycles. The smallest absolute Gasteiger partial charge is 0.157 e. The highest BCUT2D eigenvalue weighted by atomic mass is 16.1. The molecule has 0 aromatic heterocycles. The van der Waals surface area contributed by atoms with Crippen LogP contribution in [0.15, 0.2) is 11.6 Å². The van der Waals surface area contributed by atoms with E-state index in [9.17, 15) is 4.79 Å². The molecular weight excluding hydrogens is 196 g/mol. The molecule has 0 aromatic rings. The van der Waals surface area contributed by atoms with Gasteiger partial charge in [-0.05, 0) is 42.6 Å². The average Bonchev–Trinajstić information content (AvgIpc) is 2.49. The Bertz CT molecular complexity index is 299. The van der Waals surface area contributed by atoms with Crippen LogP contribution < -0.4 is 0 Å². The lowest BCUT2D eigenvalue weighted by Gasteiger charge is -2.38. The largest absolute Gasteiger partial charge is 0.295 e. The first kappa shape index (κ1) is 13.5. The van der Waals surface area contributed by atoms with Gasteiger partial charge in [-0.15, -0.1) is 0 Å². The molecule has 1 aliphatic rings. The van der Waals surface area contributed by atoms with Crippen LogP contribution in [0.5, 0.6) is 0 Å². The lowest BCUT2D eigenvalue weighted by atomic mass is 9.67. The molecule has 0 amide bonds. The summed E-state index contributed by atoms with van der Waals surface area (Å²) in [5, 5.41) is 0. The van der Waals surface area contributed by atoms with E-state index in [-0.39, 0.29) is 0 Å². The second-order valence-corrected chi connectivity index (χ2v) is 6.17. The highest BCUT2D eigenvalue weighted by molar-refractivity contribution is 5.94. The quantitative estimate of drug-likeness (QED) is 0.639. The molecule has 0 spiro atoms. The number of carbonyl (C=O) groups is 1. The van der Waals surface area contributed by atoms with Crippen LogP contribution in [0.4, 0.5) is 0 Å². The Kier molecular flexibility index (Phi) is 3.98. The highest BCUT2D eigenvalue weighted by Crippen LogP contribution is 2.54. The van der Waals surface area contributed by atoms with Gasteiger partial charge in [0.1, 0.15) is 0 Å². The molecule has 1 unspecified atom stereocenters. The molecule has 0 bridgehead atoms. The van der Waals surface area contributed by atoms with Gasteiger partial charge >= 0.3 is 0 Å². The molecule has 1 heteroatoms. The van der Waals surface area contributed by atoms with E-state index < -0.39 is 0 Å². The fourth-order valence-electron chi connectivity index (χ4n) is 2.71. The number of carbonyl (C=O) groups excluding carboxylic acids is 1. The van der Waals surface area contributed by atoms with Gasteiger partial charge in [-0.3, -0.25) is 4.79 Å². The normalized spacial score (nSPS) is 29.4. The van der Waals surface area contributed by atoms with Gasteiger partial charge in [0.05, 0.1) is 0 Å². The van der Waals surface area contributed by atoms with Gasteiger partial charge < -0.3 is 0 Å². The summed E-state index contributed by atoms with van der Waals surface area (Å²) < 4.78 is 0. The molecule has 0 heterocycles. The monoisotopic (exact) mass is 222 g/mol. The van der Waals surface area contributed by atoms with Crippen molar-refractivity contribution in [3.63, 3.8) is 0 Å². The lowest BCUT2D eigenvalue weighted by Crippen LogP contribution is -2.29. The van der Waals surface area contributed by atoms with Gasteiger partial charge in [-0.1, -0.05) is 40.2 Å². The third kappa shape index (κ3) is 2.56. The van der Waals surface area contributed by atoms with Crippen LogP contribution in [-0.2, 0) is 4.79 Å². The summed E-state index contributed by atoms with van der Waals surface area (Å²) in [6, 6.07) is 0. The zero-order valence-electron chi connectivity index (χ0n) is 11.5. The topological polar surface area (TPSA) is 17.1 Å². The van der Waals surface area contributed by atoms with E-state index in [0.717, 1.165) is 12.0 Å². The predicted molar refractivity (Wildman–Crippen MR) is 69.4 cm³/mol. The number of rotatable bonds is 4. The summed E-state index contributed by atoms with van der Waals surface area (Å²) >= 11 is 0. The Morgan fingerprint density at radius 3 is 2.31 bits per heavy atom. The molecule has 0 saturated heterocycles. The lowest BCUT2D eigenvalue weighted by molar-refractivity contribution is -0.115. The SMILES string of the molecule is CCC(=O)/C(C)=C/CC1(C)CCCC1(C)C. The summed E-state index contributed by atoms with van der Waals surface area (Å²) in [6.07, 6.45) is 7.79. The van der Waals surface area contributed by atoms with Crippen LogP contribution in [0.25, 0.3) is 0 Å². The van der Waals surface area contributed by atoms with Crippen LogP contribution in [0.2, 0.25) is 0 Å². The average molecular weight is 222 g/mol. The zero-order valence-corrected chi connectivity index (χ0v) is 11.5. The van der Waals surface area contributed by atoms with Gasteiger partial charge in [-0.25, -0.2) is 0 Å². The van der Waals surface area contributed by atoms with Crippen molar-refractivity contribution < 1.29 is 4.79 Å². The minimum atomic E-state index is 0.291. The van der Waals surface area contributed by atoms with Gasteiger partial charge in [0.25, 0.3) is 0 Å². The van der Waals surface area contributed by atoms with Crippen molar-refractivity contribution in [2.45, 2.75) is 66.7 Å². The van der Waals surface area contributed by atoms with Gasteiger partial charge in [0, 0.05) is 6.42 Å². The Labute approximate surface area is 100 Å².